The molecule has 0 fully saturated rings. The lowest BCUT2D eigenvalue weighted by Gasteiger charge is -2.17. The van der Waals surface area contributed by atoms with Crippen molar-refractivity contribution in [1.82, 2.24) is 9.66 Å². The van der Waals surface area contributed by atoms with Gasteiger partial charge in [-0.25, -0.2) is 9.66 Å². The highest BCUT2D eigenvalue weighted by molar-refractivity contribution is 5.80. The average Bonchev–Trinajstić information content (AvgIpc) is 2.96. The molecule has 7 nitrogen and oxygen atoms in total. The normalized spacial score (nSPS) is 10.9. The van der Waals surface area contributed by atoms with E-state index in [9.17, 15) is 4.79 Å². The molecule has 0 bridgehead atoms. The van der Waals surface area contributed by atoms with Crippen LogP contribution >= 0.6 is 0 Å². The third-order valence-corrected chi connectivity index (χ3v) is 6.55. The van der Waals surface area contributed by atoms with Crippen LogP contribution in [0.1, 0.15) is 51.0 Å². The van der Waals surface area contributed by atoms with Gasteiger partial charge in [-0.15, -0.1) is 0 Å². The number of hydrogen-bond acceptors (Lipinski definition) is 6. The first-order valence-electron chi connectivity index (χ1n) is 13.3. The minimum atomic E-state index is -0.167. The molecule has 38 heavy (non-hydrogen) atoms. The summed E-state index contributed by atoms with van der Waals surface area (Å²) in [6.07, 6.45) is 7.44. The van der Waals surface area contributed by atoms with Gasteiger partial charge in [-0.1, -0.05) is 63.3 Å². The van der Waals surface area contributed by atoms with Gasteiger partial charge >= 0.3 is 0 Å². The molecule has 0 atom stereocenters. The van der Waals surface area contributed by atoms with E-state index < -0.39 is 0 Å². The number of para-hydroxylation sites is 1. The van der Waals surface area contributed by atoms with Crippen molar-refractivity contribution in [2.24, 2.45) is 0 Å². The summed E-state index contributed by atoms with van der Waals surface area (Å²) in [4.78, 5) is 18.3. The van der Waals surface area contributed by atoms with E-state index in [1.807, 2.05) is 60.7 Å². The van der Waals surface area contributed by atoms with Gasteiger partial charge in [0.15, 0.2) is 17.3 Å². The van der Waals surface area contributed by atoms with E-state index in [1.165, 1.54) is 36.8 Å². The third kappa shape index (κ3) is 6.65. The monoisotopic (exact) mass is 515 g/mol. The molecule has 0 radical (unpaired) electrons. The lowest BCUT2D eigenvalue weighted by molar-refractivity contribution is 0.304. The Balaban J connectivity index is 1.50. The van der Waals surface area contributed by atoms with Gasteiger partial charge in [0.25, 0.3) is 5.56 Å². The van der Waals surface area contributed by atoms with E-state index >= 15 is 0 Å². The highest BCUT2D eigenvalue weighted by Crippen LogP contribution is 2.31. The van der Waals surface area contributed by atoms with E-state index in [0.717, 1.165) is 29.9 Å². The summed E-state index contributed by atoms with van der Waals surface area (Å²) < 4.78 is 18.3. The summed E-state index contributed by atoms with van der Waals surface area (Å²) in [5, 5.41) is 0.544. The number of fused-ring (bicyclic) bond motifs is 1. The summed E-state index contributed by atoms with van der Waals surface area (Å²) in [5.74, 6) is 2.53. The molecule has 0 amide bonds. The van der Waals surface area contributed by atoms with E-state index in [4.69, 9.17) is 19.2 Å². The van der Waals surface area contributed by atoms with E-state index in [2.05, 4.69) is 12.3 Å². The first-order valence-corrected chi connectivity index (χ1v) is 13.3. The molecule has 3 aromatic carbocycles. The molecule has 0 saturated heterocycles. The Hall–Kier alpha value is -4.00. The van der Waals surface area contributed by atoms with Crippen molar-refractivity contribution in [3.63, 3.8) is 0 Å². The van der Waals surface area contributed by atoms with E-state index in [1.54, 1.807) is 20.3 Å². The molecular weight excluding hydrogens is 478 g/mol. The first kappa shape index (κ1) is 27.0. The minimum Gasteiger partial charge on any atom is -0.494 e. The van der Waals surface area contributed by atoms with Crippen molar-refractivity contribution < 1.29 is 14.2 Å². The molecule has 0 spiro atoms. The summed E-state index contributed by atoms with van der Waals surface area (Å²) in [6.45, 7) is 3.41. The number of methoxy groups -OCH3 is 2. The summed E-state index contributed by atoms with van der Waals surface area (Å²) >= 11 is 0. The van der Waals surface area contributed by atoms with Crippen LogP contribution in [0, 0.1) is 0 Å². The standard InChI is InChI=1S/C31H37N3O4/c1-4-5-6-7-8-11-20-38-25-17-14-23(15-18-25)22-32-34-30(24-16-19-28(36-2)29(21-24)37-3)33-27-13-10-9-12-26(27)31(34)35/h9-10,12-19,21,32H,4-8,11,20,22H2,1-3H3. The second kappa shape index (κ2) is 13.5. The Labute approximate surface area is 224 Å². The van der Waals surface area contributed by atoms with Crippen molar-refractivity contribution in [2.45, 2.75) is 52.0 Å². The van der Waals surface area contributed by atoms with Crippen molar-refractivity contribution >= 4 is 10.9 Å². The van der Waals surface area contributed by atoms with Crippen LogP contribution in [0.5, 0.6) is 17.2 Å². The molecule has 0 aliphatic rings. The Morgan fingerprint density at radius 3 is 2.34 bits per heavy atom. The molecule has 4 rings (SSSR count). The second-order valence-corrected chi connectivity index (χ2v) is 9.26. The Kier molecular flexibility index (Phi) is 9.62. The Bertz CT molecular complexity index is 1380. The zero-order valence-corrected chi connectivity index (χ0v) is 22.5. The smallest absolute Gasteiger partial charge is 0.280 e. The molecule has 1 heterocycles. The maximum absolute atomic E-state index is 13.5. The molecule has 0 aliphatic heterocycles. The maximum Gasteiger partial charge on any atom is 0.280 e. The molecule has 4 aromatic rings. The molecule has 1 aromatic heterocycles. The molecule has 0 saturated carbocycles. The van der Waals surface area contributed by atoms with Crippen molar-refractivity contribution in [3.05, 3.63) is 82.6 Å². The van der Waals surface area contributed by atoms with Crippen LogP contribution in [-0.4, -0.2) is 30.5 Å². The van der Waals surface area contributed by atoms with Gasteiger partial charge in [0, 0.05) is 5.56 Å². The summed E-state index contributed by atoms with van der Waals surface area (Å²) in [7, 11) is 3.18. The average molecular weight is 516 g/mol. The molecule has 200 valence electrons. The number of rotatable bonds is 14. The first-order chi connectivity index (χ1) is 18.6. The van der Waals surface area contributed by atoms with Gasteiger partial charge in [-0.3, -0.25) is 4.79 Å². The number of unbranched alkanes of at least 4 members (excludes halogenated alkanes) is 5. The molecule has 0 unspecified atom stereocenters. The van der Waals surface area contributed by atoms with Crippen LogP contribution in [-0.2, 0) is 6.54 Å². The fraction of sp³-hybridized carbons (Fsp3) is 0.355. The number of ether oxygens (including phenoxy) is 3. The SMILES string of the molecule is CCCCCCCCOc1ccc(CNn2c(-c3ccc(OC)c(OC)c3)nc3ccccc3c2=O)cc1. The predicted molar refractivity (Wildman–Crippen MR) is 153 cm³/mol. The minimum absolute atomic E-state index is 0.167. The number of nitrogens with zero attached hydrogens (tertiary/aromatic N) is 2. The van der Waals surface area contributed by atoms with Crippen LogP contribution in [0.15, 0.2) is 71.5 Å². The van der Waals surface area contributed by atoms with Crippen LogP contribution in [0.2, 0.25) is 0 Å². The van der Waals surface area contributed by atoms with Crippen LogP contribution < -0.4 is 25.2 Å². The maximum atomic E-state index is 13.5. The van der Waals surface area contributed by atoms with Gasteiger partial charge in [-0.05, 0) is 54.4 Å². The largest absolute Gasteiger partial charge is 0.494 e. The lowest BCUT2D eigenvalue weighted by Crippen LogP contribution is -2.31. The van der Waals surface area contributed by atoms with E-state index in [-0.39, 0.29) is 5.56 Å². The van der Waals surface area contributed by atoms with Crippen molar-refractivity contribution in [3.8, 4) is 28.6 Å². The number of nitrogens with one attached hydrogen (secondary N) is 1. The number of hydrogen-bond donors (Lipinski definition) is 1. The number of aromatic nitrogens is 2. The lowest BCUT2D eigenvalue weighted by atomic mass is 10.1. The molecular formula is C31H37N3O4. The summed E-state index contributed by atoms with van der Waals surface area (Å²) in [5.41, 5.74) is 5.50. The van der Waals surface area contributed by atoms with Crippen LogP contribution in [0.3, 0.4) is 0 Å². The zero-order chi connectivity index (χ0) is 26.7. The third-order valence-electron chi connectivity index (χ3n) is 6.55. The van der Waals surface area contributed by atoms with Gasteiger partial charge in [-0.2, -0.15) is 0 Å². The van der Waals surface area contributed by atoms with Crippen molar-refractivity contribution in [1.29, 1.82) is 0 Å². The summed E-state index contributed by atoms with van der Waals surface area (Å²) in [6, 6.07) is 20.8. The highest BCUT2D eigenvalue weighted by atomic mass is 16.5. The van der Waals surface area contributed by atoms with Crippen LogP contribution in [0.25, 0.3) is 22.3 Å². The quantitative estimate of drug-likeness (QED) is 0.192. The predicted octanol–water partition coefficient (Wildman–Crippen LogP) is 6.56. The van der Waals surface area contributed by atoms with Crippen LogP contribution in [0.4, 0.5) is 0 Å². The second-order valence-electron chi connectivity index (χ2n) is 9.26. The Morgan fingerprint density at radius 1 is 0.842 bits per heavy atom. The van der Waals surface area contributed by atoms with Gasteiger partial charge in [0.05, 0.1) is 38.3 Å². The highest BCUT2D eigenvalue weighted by Gasteiger charge is 2.15. The topological polar surface area (TPSA) is 74.6 Å². The number of benzene rings is 3. The molecule has 7 heteroatoms. The Morgan fingerprint density at radius 2 is 1.58 bits per heavy atom. The fourth-order valence-corrected chi connectivity index (χ4v) is 4.39. The van der Waals surface area contributed by atoms with Gasteiger partial charge in [0.1, 0.15) is 5.75 Å². The van der Waals surface area contributed by atoms with Gasteiger partial charge in [0.2, 0.25) is 0 Å². The van der Waals surface area contributed by atoms with E-state index in [0.29, 0.717) is 34.8 Å². The van der Waals surface area contributed by atoms with Crippen molar-refractivity contribution in [2.75, 3.05) is 26.3 Å². The molecule has 1 N–H and O–H groups in total. The fourth-order valence-electron chi connectivity index (χ4n) is 4.39. The van der Waals surface area contributed by atoms with Gasteiger partial charge < -0.3 is 19.6 Å². The molecule has 0 aliphatic carbocycles. The zero-order valence-electron chi connectivity index (χ0n) is 22.5.